The second kappa shape index (κ2) is 9.11. The van der Waals surface area contributed by atoms with Gasteiger partial charge in [-0.05, 0) is 41.5 Å². The SMILES string of the molecule is O=C(N[C@@H](Cc1ccccc1)C(=O)O)c1[nH]c2ccc(-n3cccc3)cc2c1-c1ccccc1. The van der Waals surface area contributed by atoms with E-state index in [-0.39, 0.29) is 6.42 Å². The summed E-state index contributed by atoms with van der Waals surface area (Å²) in [6, 6.07) is 27.7. The van der Waals surface area contributed by atoms with Crippen molar-refractivity contribution in [2.75, 3.05) is 0 Å². The van der Waals surface area contributed by atoms with E-state index in [9.17, 15) is 14.7 Å². The van der Waals surface area contributed by atoms with Gasteiger partial charge in [0, 0.05) is 41.0 Å². The lowest BCUT2D eigenvalue weighted by Gasteiger charge is -2.15. The summed E-state index contributed by atoms with van der Waals surface area (Å²) in [7, 11) is 0. The number of aromatic nitrogens is 2. The Hall–Kier alpha value is -4.58. The van der Waals surface area contributed by atoms with Crippen LogP contribution in [0.2, 0.25) is 0 Å². The number of H-pyrrole nitrogens is 1. The number of benzene rings is 3. The highest BCUT2D eigenvalue weighted by atomic mass is 16.4. The molecule has 0 aliphatic carbocycles. The van der Waals surface area contributed by atoms with E-state index in [0.29, 0.717) is 5.69 Å². The fourth-order valence-electron chi connectivity index (χ4n) is 4.20. The van der Waals surface area contributed by atoms with Crippen LogP contribution >= 0.6 is 0 Å². The zero-order valence-corrected chi connectivity index (χ0v) is 18.3. The van der Waals surface area contributed by atoms with Gasteiger partial charge >= 0.3 is 5.97 Å². The molecule has 1 atom stereocenters. The van der Waals surface area contributed by atoms with Crippen molar-refractivity contribution in [2.24, 2.45) is 0 Å². The highest BCUT2D eigenvalue weighted by Gasteiger charge is 2.25. The first kappa shape index (κ1) is 21.3. The number of carboxylic acids is 1. The molecule has 0 aliphatic heterocycles. The summed E-state index contributed by atoms with van der Waals surface area (Å²) < 4.78 is 2.00. The van der Waals surface area contributed by atoms with Gasteiger partial charge in [-0.1, -0.05) is 60.7 Å². The third-order valence-corrected chi connectivity index (χ3v) is 5.86. The molecule has 0 unspecified atom stereocenters. The molecule has 1 amide bonds. The number of amides is 1. The van der Waals surface area contributed by atoms with E-state index in [0.717, 1.165) is 33.3 Å². The number of aromatic amines is 1. The summed E-state index contributed by atoms with van der Waals surface area (Å²) in [5.41, 5.74) is 4.56. The molecule has 0 radical (unpaired) electrons. The average Bonchev–Trinajstić information content (AvgIpc) is 3.52. The number of hydrogen-bond donors (Lipinski definition) is 3. The Morgan fingerprint density at radius 1 is 0.882 bits per heavy atom. The van der Waals surface area contributed by atoms with E-state index in [2.05, 4.69) is 10.3 Å². The molecule has 168 valence electrons. The van der Waals surface area contributed by atoms with Crippen molar-refractivity contribution in [3.8, 4) is 16.8 Å². The quantitative estimate of drug-likeness (QED) is 0.325. The van der Waals surface area contributed by atoms with Crippen molar-refractivity contribution >= 4 is 22.8 Å². The molecule has 6 nitrogen and oxygen atoms in total. The molecule has 0 spiro atoms. The van der Waals surface area contributed by atoms with Crippen LogP contribution in [0.25, 0.3) is 27.7 Å². The largest absolute Gasteiger partial charge is 0.480 e. The topological polar surface area (TPSA) is 87.1 Å². The van der Waals surface area contributed by atoms with Gasteiger partial charge in [-0.2, -0.15) is 0 Å². The summed E-state index contributed by atoms with van der Waals surface area (Å²) in [6.45, 7) is 0. The smallest absolute Gasteiger partial charge is 0.326 e. The summed E-state index contributed by atoms with van der Waals surface area (Å²) >= 11 is 0. The molecule has 0 saturated heterocycles. The van der Waals surface area contributed by atoms with Gasteiger partial charge in [-0.15, -0.1) is 0 Å². The van der Waals surface area contributed by atoms with Gasteiger partial charge in [-0.3, -0.25) is 4.79 Å². The van der Waals surface area contributed by atoms with Crippen molar-refractivity contribution in [1.29, 1.82) is 0 Å². The van der Waals surface area contributed by atoms with Gasteiger partial charge in [0.05, 0.1) is 0 Å². The summed E-state index contributed by atoms with van der Waals surface area (Å²) in [4.78, 5) is 28.6. The van der Waals surface area contributed by atoms with Crippen LogP contribution < -0.4 is 5.32 Å². The predicted octanol–water partition coefficient (Wildman–Crippen LogP) is 5.05. The van der Waals surface area contributed by atoms with E-state index in [1.165, 1.54) is 0 Å². The van der Waals surface area contributed by atoms with Crippen LogP contribution in [-0.4, -0.2) is 32.6 Å². The molecule has 5 rings (SSSR count). The molecule has 3 N–H and O–H groups in total. The standard InChI is InChI=1S/C28H23N3O3/c32-27(30-24(28(33)34)17-19-9-3-1-4-10-19)26-25(20-11-5-2-6-12-20)22-18-21(13-14-23(22)29-26)31-15-7-8-16-31/h1-16,18,24,29H,17H2,(H,30,32)(H,33,34)/t24-/m0/s1. The Kier molecular flexibility index (Phi) is 5.70. The van der Waals surface area contributed by atoms with Crippen LogP contribution in [0.15, 0.2) is 103 Å². The number of aliphatic carboxylic acids is 1. The second-order valence-corrected chi connectivity index (χ2v) is 8.12. The Bertz CT molecular complexity index is 1440. The zero-order chi connectivity index (χ0) is 23.5. The Labute approximate surface area is 196 Å². The van der Waals surface area contributed by atoms with Crippen LogP contribution in [0.4, 0.5) is 0 Å². The van der Waals surface area contributed by atoms with Crippen molar-refractivity contribution in [2.45, 2.75) is 12.5 Å². The summed E-state index contributed by atoms with van der Waals surface area (Å²) in [5.74, 6) is -1.54. The molecular formula is C28H23N3O3. The van der Waals surface area contributed by atoms with E-state index in [1.807, 2.05) is 108 Å². The first-order valence-electron chi connectivity index (χ1n) is 11.0. The number of carbonyl (C=O) groups excluding carboxylic acids is 1. The van der Waals surface area contributed by atoms with Gasteiger partial charge < -0.3 is 20.0 Å². The maximum absolute atomic E-state index is 13.4. The van der Waals surface area contributed by atoms with Crippen LogP contribution in [0.3, 0.4) is 0 Å². The molecular weight excluding hydrogens is 426 g/mol. The third-order valence-electron chi connectivity index (χ3n) is 5.86. The van der Waals surface area contributed by atoms with Gasteiger partial charge in [0.2, 0.25) is 0 Å². The molecule has 0 aliphatic rings. The second-order valence-electron chi connectivity index (χ2n) is 8.12. The minimum Gasteiger partial charge on any atom is -0.480 e. The minimum atomic E-state index is -1.08. The summed E-state index contributed by atoms with van der Waals surface area (Å²) in [5, 5.41) is 13.4. The Balaban J connectivity index is 1.56. The lowest BCUT2D eigenvalue weighted by Crippen LogP contribution is -2.42. The normalized spacial score (nSPS) is 11.9. The fourth-order valence-corrected chi connectivity index (χ4v) is 4.20. The lowest BCUT2D eigenvalue weighted by molar-refractivity contribution is -0.139. The predicted molar refractivity (Wildman–Crippen MR) is 132 cm³/mol. The maximum Gasteiger partial charge on any atom is 0.326 e. The number of nitrogens with one attached hydrogen (secondary N) is 2. The van der Waals surface area contributed by atoms with E-state index >= 15 is 0 Å². The van der Waals surface area contributed by atoms with Crippen molar-refractivity contribution < 1.29 is 14.7 Å². The number of nitrogens with zero attached hydrogens (tertiary/aromatic N) is 1. The van der Waals surface area contributed by atoms with Gasteiger partial charge in [0.1, 0.15) is 11.7 Å². The highest BCUT2D eigenvalue weighted by molar-refractivity contribution is 6.10. The molecule has 2 heterocycles. The zero-order valence-electron chi connectivity index (χ0n) is 18.3. The number of fused-ring (bicyclic) bond motifs is 1. The van der Waals surface area contributed by atoms with Gasteiger partial charge in [-0.25, -0.2) is 4.79 Å². The summed E-state index contributed by atoms with van der Waals surface area (Å²) in [6.07, 6.45) is 4.12. The number of hydrogen-bond acceptors (Lipinski definition) is 2. The molecule has 6 heteroatoms. The number of carboxylic acid groups (broad SMARTS) is 1. The third kappa shape index (κ3) is 4.21. The molecule has 0 saturated carbocycles. The first-order valence-corrected chi connectivity index (χ1v) is 11.0. The van der Waals surface area contributed by atoms with Crippen molar-refractivity contribution in [1.82, 2.24) is 14.9 Å². The first-order chi connectivity index (χ1) is 16.6. The van der Waals surface area contributed by atoms with Crippen LogP contribution in [0, 0.1) is 0 Å². The molecule has 2 aromatic heterocycles. The van der Waals surface area contributed by atoms with Crippen molar-refractivity contribution in [3.63, 3.8) is 0 Å². The monoisotopic (exact) mass is 449 g/mol. The highest BCUT2D eigenvalue weighted by Crippen LogP contribution is 2.34. The molecule has 5 aromatic rings. The Morgan fingerprint density at radius 3 is 2.24 bits per heavy atom. The molecule has 34 heavy (non-hydrogen) atoms. The lowest BCUT2D eigenvalue weighted by atomic mass is 10.0. The van der Waals surface area contributed by atoms with E-state index in [4.69, 9.17) is 0 Å². The van der Waals surface area contributed by atoms with Crippen LogP contribution in [-0.2, 0) is 11.2 Å². The van der Waals surface area contributed by atoms with Gasteiger partial charge in [0.15, 0.2) is 0 Å². The average molecular weight is 450 g/mol. The number of carbonyl (C=O) groups is 2. The Morgan fingerprint density at radius 2 is 1.56 bits per heavy atom. The molecule has 0 bridgehead atoms. The van der Waals surface area contributed by atoms with Crippen LogP contribution in [0.1, 0.15) is 16.1 Å². The minimum absolute atomic E-state index is 0.195. The van der Waals surface area contributed by atoms with Gasteiger partial charge in [0.25, 0.3) is 5.91 Å². The maximum atomic E-state index is 13.4. The van der Waals surface area contributed by atoms with E-state index < -0.39 is 17.9 Å². The van der Waals surface area contributed by atoms with Crippen molar-refractivity contribution in [3.05, 3.63) is 115 Å². The molecule has 0 fully saturated rings. The number of rotatable bonds is 7. The molecule has 3 aromatic carbocycles. The van der Waals surface area contributed by atoms with E-state index in [1.54, 1.807) is 0 Å². The van der Waals surface area contributed by atoms with Crippen LogP contribution in [0.5, 0.6) is 0 Å². The fraction of sp³-hybridized carbons (Fsp3) is 0.0714.